The molecule has 1 aliphatic rings. The molecular weight excluding hydrogens is 326 g/mol. The Morgan fingerprint density at radius 3 is 3.04 bits per heavy atom. The third kappa shape index (κ3) is 4.03. The molecule has 1 unspecified atom stereocenters. The van der Waals surface area contributed by atoms with Crippen LogP contribution in [-0.4, -0.2) is 21.7 Å². The molecule has 1 amide bonds. The van der Waals surface area contributed by atoms with E-state index in [1.54, 1.807) is 13.1 Å². The molecule has 3 rings (SSSR count). The Kier molecular flexibility index (Phi) is 5.00. The molecule has 0 bridgehead atoms. The number of halogens is 1. The lowest BCUT2D eigenvalue weighted by Crippen LogP contribution is -2.40. The van der Waals surface area contributed by atoms with E-state index in [9.17, 15) is 9.59 Å². The molecule has 0 saturated heterocycles. The molecule has 0 saturated carbocycles. The first-order chi connectivity index (χ1) is 11.5. The largest absolute Gasteiger partial charge is 0.353 e. The van der Waals surface area contributed by atoms with Crippen molar-refractivity contribution in [1.29, 1.82) is 0 Å². The Morgan fingerprint density at radius 1 is 1.42 bits per heavy atom. The van der Waals surface area contributed by atoms with E-state index in [0.29, 0.717) is 24.3 Å². The van der Waals surface area contributed by atoms with Crippen LogP contribution in [0, 0.1) is 0 Å². The van der Waals surface area contributed by atoms with Gasteiger partial charge in [-0.25, -0.2) is 4.68 Å². The monoisotopic (exact) mass is 345 g/mol. The molecule has 0 spiro atoms. The van der Waals surface area contributed by atoms with Crippen LogP contribution >= 0.6 is 11.6 Å². The molecule has 24 heavy (non-hydrogen) atoms. The number of amides is 1. The summed E-state index contributed by atoms with van der Waals surface area (Å²) >= 11 is 5.95. The van der Waals surface area contributed by atoms with E-state index in [-0.39, 0.29) is 17.5 Å². The smallest absolute Gasteiger partial charge is 0.266 e. The van der Waals surface area contributed by atoms with Crippen molar-refractivity contribution < 1.29 is 4.79 Å². The van der Waals surface area contributed by atoms with Gasteiger partial charge < -0.3 is 5.32 Å². The summed E-state index contributed by atoms with van der Waals surface area (Å²) in [5.41, 5.74) is 2.85. The lowest BCUT2D eigenvalue weighted by Gasteiger charge is -2.24. The first-order valence-electron chi connectivity index (χ1n) is 8.11. The minimum absolute atomic E-state index is 0.0280. The van der Waals surface area contributed by atoms with Crippen LogP contribution in [0.5, 0.6) is 0 Å². The molecule has 0 fully saturated rings. The van der Waals surface area contributed by atoms with Crippen LogP contribution in [0.4, 0.5) is 0 Å². The van der Waals surface area contributed by atoms with E-state index in [1.807, 2.05) is 24.3 Å². The normalized spacial score (nSPS) is 16.5. The molecule has 5 nitrogen and oxygen atoms in total. The van der Waals surface area contributed by atoms with Gasteiger partial charge in [0.1, 0.15) is 0 Å². The van der Waals surface area contributed by atoms with Crippen LogP contribution in [0.2, 0.25) is 5.02 Å². The first-order valence-corrected chi connectivity index (χ1v) is 8.49. The number of hydrogen-bond donors (Lipinski definition) is 1. The Balaban J connectivity index is 1.55. The van der Waals surface area contributed by atoms with Gasteiger partial charge in [0.15, 0.2) is 0 Å². The lowest BCUT2D eigenvalue weighted by molar-refractivity contribution is -0.121. The minimum Gasteiger partial charge on any atom is -0.353 e. The second kappa shape index (κ2) is 7.18. The lowest BCUT2D eigenvalue weighted by atomic mass is 9.92. The van der Waals surface area contributed by atoms with Crippen molar-refractivity contribution in [3.05, 3.63) is 62.5 Å². The Labute approximate surface area is 145 Å². The highest BCUT2D eigenvalue weighted by Gasteiger charge is 2.22. The van der Waals surface area contributed by atoms with Gasteiger partial charge in [0.05, 0.1) is 5.69 Å². The highest BCUT2D eigenvalue weighted by molar-refractivity contribution is 6.30. The predicted octanol–water partition coefficient (Wildman–Crippen LogP) is 2.04. The first kappa shape index (κ1) is 16.7. The third-order valence-corrected chi connectivity index (χ3v) is 4.58. The molecule has 126 valence electrons. The van der Waals surface area contributed by atoms with Crippen molar-refractivity contribution in [3.63, 3.8) is 0 Å². The average molecular weight is 346 g/mol. The number of carbonyl (C=O) groups is 1. The summed E-state index contributed by atoms with van der Waals surface area (Å²) in [5, 5.41) is 8.05. The SMILES string of the molecule is Cn1nc2c(cc1=O)CC(NC(=O)CCc1cccc(Cl)c1)CC2. The average Bonchev–Trinajstić information content (AvgIpc) is 2.54. The van der Waals surface area contributed by atoms with Crippen LogP contribution < -0.4 is 10.9 Å². The molecule has 1 aromatic heterocycles. The number of carbonyl (C=O) groups excluding carboxylic acids is 1. The number of rotatable bonds is 4. The van der Waals surface area contributed by atoms with Crippen LogP contribution in [0.1, 0.15) is 29.7 Å². The van der Waals surface area contributed by atoms with Crippen molar-refractivity contribution in [2.75, 3.05) is 0 Å². The van der Waals surface area contributed by atoms with E-state index in [4.69, 9.17) is 11.6 Å². The number of nitrogens with one attached hydrogen (secondary N) is 1. The molecule has 1 atom stereocenters. The van der Waals surface area contributed by atoms with Crippen molar-refractivity contribution in [2.45, 2.75) is 38.1 Å². The fraction of sp³-hybridized carbons (Fsp3) is 0.389. The second-order valence-corrected chi connectivity index (χ2v) is 6.65. The highest BCUT2D eigenvalue weighted by atomic mass is 35.5. The topological polar surface area (TPSA) is 64.0 Å². The molecule has 1 heterocycles. The van der Waals surface area contributed by atoms with Gasteiger partial charge in [0, 0.05) is 30.6 Å². The van der Waals surface area contributed by atoms with Crippen LogP contribution in [0.15, 0.2) is 35.1 Å². The zero-order valence-corrected chi connectivity index (χ0v) is 14.3. The summed E-state index contributed by atoms with van der Waals surface area (Å²) in [6.07, 6.45) is 3.39. The number of hydrogen-bond acceptors (Lipinski definition) is 3. The van der Waals surface area contributed by atoms with Crippen molar-refractivity contribution in [1.82, 2.24) is 15.1 Å². The highest BCUT2D eigenvalue weighted by Crippen LogP contribution is 2.18. The molecule has 2 aromatic rings. The number of aryl methyl sites for hydroxylation is 3. The number of benzene rings is 1. The fourth-order valence-electron chi connectivity index (χ4n) is 3.06. The van der Waals surface area contributed by atoms with Gasteiger partial charge in [-0.1, -0.05) is 23.7 Å². The van der Waals surface area contributed by atoms with E-state index in [1.165, 1.54) is 4.68 Å². The zero-order chi connectivity index (χ0) is 17.1. The molecule has 0 aliphatic heterocycles. The second-order valence-electron chi connectivity index (χ2n) is 6.22. The van der Waals surface area contributed by atoms with E-state index in [2.05, 4.69) is 10.4 Å². The molecule has 1 N–H and O–H groups in total. The maximum atomic E-state index is 12.2. The Morgan fingerprint density at radius 2 is 2.25 bits per heavy atom. The number of nitrogens with zero attached hydrogens (tertiary/aromatic N) is 2. The van der Waals surface area contributed by atoms with Gasteiger partial charge in [-0.3, -0.25) is 9.59 Å². The molecule has 0 radical (unpaired) electrons. The third-order valence-electron chi connectivity index (χ3n) is 4.35. The summed E-state index contributed by atoms with van der Waals surface area (Å²) in [6, 6.07) is 9.26. The van der Waals surface area contributed by atoms with E-state index < -0.39 is 0 Å². The number of fused-ring (bicyclic) bond motifs is 1. The number of aromatic nitrogens is 2. The summed E-state index contributed by atoms with van der Waals surface area (Å²) in [6.45, 7) is 0. The van der Waals surface area contributed by atoms with Crippen molar-refractivity contribution in [2.24, 2.45) is 7.05 Å². The summed E-state index contributed by atoms with van der Waals surface area (Å²) < 4.78 is 1.36. The Bertz CT molecular complexity index is 816. The zero-order valence-electron chi connectivity index (χ0n) is 13.6. The maximum absolute atomic E-state index is 12.2. The molecule has 1 aromatic carbocycles. The van der Waals surface area contributed by atoms with Crippen LogP contribution in [0.3, 0.4) is 0 Å². The van der Waals surface area contributed by atoms with E-state index in [0.717, 1.165) is 29.7 Å². The predicted molar refractivity (Wildman–Crippen MR) is 93.2 cm³/mol. The summed E-state index contributed by atoms with van der Waals surface area (Å²) in [5.74, 6) is 0.0280. The van der Waals surface area contributed by atoms with Gasteiger partial charge >= 0.3 is 0 Å². The maximum Gasteiger partial charge on any atom is 0.266 e. The molecule has 1 aliphatic carbocycles. The van der Waals surface area contributed by atoms with Crippen LogP contribution in [0.25, 0.3) is 0 Å². The van der Waals surface area contributed by atoms with E-state index >= 15 is 0 Å². The quantitative estimate of drug-likeness (QED) is 0.922. The van der Waals surface area contributed by atoms with Crippen molar-refractivity contribution in [3.8, 4) is 0 Å². The van der Waals surface area contributed by atoms with Gasteiger partial charge in [-0.05, 0) is 48.9 Å². The fourth-order valence-corrected chi connectivity index (χ4v) is 3.27. The Hall–Kier alpha value is -2.14. The van der Waals surface area contributed by atoms with Crippen LogP contribution in [-0.2, 0) is 31.1 Å². The summed E-state index contributed by atoms with van der Waals surface area (Å²) in [7, 11) is 1.66. The van der Waals surface area contributed by atoms with Gasteiger partial charge in [-0.2, -0.15) is 5.10 Å². The van der Waals surface area contributed by atoms with Gasteiger partial charge in [0.2, 0.25) is 5.91 Å². The standard InChI is InChI=1S/C18H20ClN3O2/c1-22-18(24)11-13-10-15(6-7-16(13)21-22)20-17(23)8-5-12-3-2-4-14(19)9-12/h2-4,9,11,15H,5-8,10H2,1H3,(H,20,23). The van der Waals surface area contributed by atoms with Gasteiger partial charge in [-0.15, -0.1) is 0 Å². The molecule has 6 heteroatoms. The summed E-state index contributed by atoms with van der Waals surface area (Å²) in [4.78, 5) is 23.9. The minimum atomic E-state index is -0.110. The van der Waals surface area contributed by atoms with Gasteiger partial charge in [0.25, 0.3) is 5.56 Å². The van der Waals surface area contributed by atoms with Crippen molar-refractivity contribution >= 4 is 17.5 Å². The molecular formula is C18H20ClN3O2.